The Kier molecular flexibility index (Phi) is 3.17. The highest BCUT2D eigenvalue weighted by Crippen LogP contribution is 2.20. The highest BCUT2D eigenvalue weighted by Gasteiger charge is 2.20. The van der Waals surface area contributed by atoms with Crippen LogP contribution in [-0.4, -0.2) is 30.9 Å². The summed E-state index contributed by atoms with van der Waals surface area (Å²) in [5.74, 6) is 0. The molecule has 1 aromatic heterocycles. The number of nitrogens with zero attached hydrogens (tertiary/aromatic N) is 3. The Labute approximate surface area is 89.6 Å². The smallest absolute Gasteiger partial charge is 0.130 e. The van der Waals surface area contributed by atoms with E-state index >= 15 is 0 Å². The Balaban J connectivity index is 1.91. The van der Waals surface area contributed by atoms with E-state index in [1.165, 1.54) is 5.69 Å². The SMILES string of the molecule is C=NOC1CCN(c2cccnc2)CC1. The Morgan fingerprint density at radius 3 is 2.87 bits per heavy atom. The molecule has 4 nitrogen and oxygen atoms in total. The van der Waals surface area contributed by atoms with Gasteiger partial charge in [-0.05, 0) is 12.1 Å². The fraction of sp³-hybridized carbons (Fsp3) is 0.455. The second-order valence-corrected chi connectivity index (χ2v) is 3.63. The van der Waals surface area contributed by atoms with Crippen LogP contribution in [0.25, 0.3) is 0 Å². The van der Waals surface area contributed by atoms with Gasteiger partial charge in [-0.2, -0.15) is 0 Å². The van der Waals surface area contributed by atoms with Gasteiger partial charge >= 0.3 is 0 Å². The van der Waals surface area contributed by atoms with Crippen molar-refractivity contribution in [1.29, 1.82) is 0 Å². The maximum absolute atomic E-state index is 5.14. The number of piperidine rings is 1. The first kappa shape index (κ1) is 9.96. The molecule has 1 fully saturated rings. The molecule has 0 radical (unpaired) electrons. The molecular formula is C11H15N3O. The van der Waals surface area contributed by atoms with E-state index in [1.807, 2.05) is 12.3 Å². The number of aromatic nitrogens is 1. The van der Waals surface area contributed by atoms with Crippen LogP contribution in [0.4, 0.5) is 5.69 Å². The minimum absolute atomic E-state index is 0.232. The Bertz CT molecular complexity index is 307. The average Bonchev–Trinajstić information content (AvgIpc) is 2.32. The normalized spacial score (nSPS) is 17.5. The lowest BCUT2D eigenvalue weighted by atomic mass is 10.1. The van der Waals surface area contributed by atoms with Crippen LogP contribution in [0.5, 0.6) is 0 Å². The molecule has 15 heavy (non-hydrogen) atoms. The highest BCUT2D eigenvalue weighted by atomic mass is 16.6. The molecule has 1 aromatic rings. The van der Waals surface area contributed by atoms with Crippen molar-refractivity contribution in [2.45, 2.75) is 18.9 Å². The molecule has 2 rings (SSSR count). The monoisotopic (exact) mass is 205 g/mol. The van der Waals surface area contributed by atoms with Gasteiger partial charge in [-0.25, -0.2) is 0 Å². The molecule has 0 amide bonds. The van der Waals surface area contributed by atoms with Crippen molar-refractivity contribution in [3.8, 4) is 0 Å². The predicted molar refractivity (Wildman–Crippen MR) is 60.1 cm³/mol. The van der Waals surface area contributed by atoms with Gasteiger partial charge < -0.3 is 9.74 Å². The van der Waals surface area contributed by atoms with Gasteiger partial charge in [-0.15, -0.1) is 5.16 Å². The zero-order valence-electron chi connectivity index (χ0n) is 8.67. The summed E-state index contributed by atoms with van der Waals surface area (Å²) >= 11 is 0. The Hall–Kier alpha value is -1.58. The highest BCUT2D eigenvalue weighted by molar-refractivity contribution is 5.43. The van der Waals surface area contributed by atoms with Crippen LogP contribution in [0, 0.1) is 0 Å². The maximum Gasteiger partial charge on any atom is 0.130 e. The lowest BCUT2D eigenvalue weighted by molar-refractivity contribution is 0.0438. The van der Waals surface area contributed by atoms with Crippen LogP contribution >= 0.6 is 0 Å². The molecule has 4 heteroatoms. The number of anilines is 1. The third kappa shape index (κ3) is 2.46. The standard InChI is InChI=1S/C11H15N3O/c1-12-15-11-4-7-14(8-5-11)10-3-2-6-13-9-10/h2-3,6,9,11H,1,4-5,7-8H2. The topological polar surface area (TPSA) is 37.7 Å². The van der Waals surface area contributed by atoms with Crippen LogP contribution in [-0.2, 0) is 4.84 Å². The minimum atomic E-state index is 0.232. The molecule has 0 saturated carbocycles. The van der Waals surface area contributed by atoms with Crippen LogP contribution in [0.1, 0.15) is 12.8 Å². The van der Waals surface area contributed by atoms with Gasteiger partial charge in [0, 0.05) is 38.8 Å². The van der Waals surface area contributed by atoms with E-state index in [9.17, 15) is 0 Å². The average molecular weight is 205 g/mol. The molecule has 1 saturated heterocycles. The summed E-state index contributed by atoms with van der Waals surface area (Å²) < 4.78 is 0. The summed E-state index contributed by atoms with van der Waals surface area (Å²) in [6.45, 7) is 5.32. The second-order valence-electron chi connectivity index (χ2n) is 3.63. The van der Waals surface area contributed by atoms with E-state index in [1.54, 1.807) is 6.20 Å². The van der Waals surface area contributed by atoms with Crippen molar-refractivity contribution in [1.82, 2.24) is 4.98 Å². The van der Waals surface area contributed by atoms with E-state index in [2.05, 4.69) is 27.8 Å². The molecule has 0 aromatic carbocycles. The molecule has 80 valence electrons. The largest absolute Gasteiger partial charge is 0.393 e. The Morgan fingerprint density at radius 2 is 2.27 bits per heavy atom. The van der Waals surface area contributed by atoms with Crippen LogP contribution < -0.4 is 4.90 Å². The minimum Gasteiger partial charge on any atom is -0.393 e. The zero-order valence-corrected chi connectivity index (χ0v) is 8.67. The summed E-state index contributed by atoms with van der Waals surface area (Å²) in [7, 11) is 0. The molecule has 0 bridgehead atoms. The lowest BCUT2D eigenvalue weighted by Gasteiger charge is -2.31. The van der Waals surface area contributed by atoms with Gasteiger partial charge in [0.05, 0.1) is 11.9 Å². The first-order valence-electron chi connectivity index (χ1n) is 5.17. The molecule has 0 N–H and O–H groups in total. The molecule has 2 heterocycles. The first-order chi connectivity index (χ1) is 7.40. The summed E-state index contributed by atoms with van der Waals surface area (Å²) in [6, 6.07) is 4.04. The number of oxime groups is 1. The molecule has 0 unspecified atom stereocenters. The van der Waals surface area contributed by atoms with Crippen LogP contribution in [0.15, 0.2) is 29.7 Å². The van der Waals surface area contributed by atoms with Crippen molar-refractivity contribution >= 4 is 12.4 Å². The first-order valence-corrected chi connectivity index (χ1v) is 5.17. The van der Waals surface area contributed by atoms with Gasteiger partial charge in [0.2, 0.25) is 0 Å². The van der Waals surface area contributed by atoms with E-state index in [4.69, 9.17) is 4.84 Å². The van der Waals surface area contributed by atoms with Gasteiger partial charge in [0.25, 0.3) is 0 Å². The molecule has 1 aliphatic heterocycles. The lowest BCUT2D eigenvalue weighted by Crippen LogP contribution is -2.36. The molecule has 0 spiro atoms. The number of hydrogen-bond donors (Lipinski definition) is 0. The number of hydrogen-bond acceptors (Lipinski definition) is 4. The zero-order chi connectivity index (χ0) is 10.5. The van der Waals surface area contributed by atoms with Crippen molar-refractivity contribution in [2.24, 2.45) is 5.16 Å². The number of pyridine rings is 1. The third-order valence-corrected chi connectivity index (χ3v) is 2.68. The van der Waals surface area contributed by atoms with Crippen molar-refractivity contribution < 1.29 is 4.84 Å². The van der Waals surface area contributed by atoms with Gasteiger partial charge in [0.15, 0.2) is 0 Å². The summed E-state index contributed by atoms with van der Waals surface area (Å²) in [6.07, 6.45) is 5.91. The van der Waals surface area contributed by atoms with Gasteiger partial charge in [0.1, 0.15) is 6.10 Å². The van der Waals surface area contributed by atoms with Gasteiger partial charge in [-0.1, -0.05) is 0 Å². The maximum atomic E-state index is 5.14. The third-order valence-electron chi connectivity index (χ3n) is 2.68. The van der Waals surface area contributed by atoms with E-state index in [0.29, 0.717) is 0 Å². The summed E-state index contributed by atoms with van der Waals surface area (Å²) in [5, 5.41) is 3.48. The number of rotatable bonds is 3. The van der Waals surface area contributed by atoms with Crippen LogP contribution in [0.3, 0.4) is 0 Å². The van der Waals surface area contributed by atoms with E-state index in [0.717, 1.165) is 25.9 Å². The fourth-order valence-corrected chi connectivity index (χ4v) is 1.87. The molecule has 0 aliphatic carbocycles. The van der Waals surface area contributed by atoms with E-state index in [-0.39, 0.29) is 6.10 Å². The van der Waals surface area contributed by atoms with Gasteiger partial charge in [-0.3, -0.25) is 4.98 Å². The van der Waals surface area contributed by atoms with E-state index < -0.39 is 0 Å². The van der Waals surface area contributed by atoms with Crippen molar-refractivity contribution in [2.75, 3.05) is 18.0 Å². The molecule has 0 atom stereocenters. The Morgan fingerprint density at radius 1 is 1.47 bits per heavy atom. The van der Waals surface area contributed by atoms with Crippen LogP contribution in [0.2, 0.25) is 0 Å². The summed E-state index contributed by atoms with van der Waals surface area (Å²) in [4.78, 5) is 11.6. The second kappa shape index (κ2) is 4.77. The quantitative estimate of drug-likeness (QED) is 0.556. The van der Waals surface area contributed by atoms with Crippen molar-refractivity contribution in [3.63, 3.8) is 0 Å². The predicted octanol–water partition coefficient (Wildman–Crippen LogP) is 1.68. The molecular weight excluding hydrogens is 190 g/mol. The fourth-order valence-electron chi connectivity index (χ4n) is 1.87. The summed E-state index contributed by atoms with van der Waals surface area (Å²) in [5.41, 5.74) is 1.18. The molecule has 1 aliphatic rings. The van der Waals surface area contributed by atoms with Crippen molar-refractivity contribution in [3.05, 3.63) is 24.5 Å².